The molecule has 2 N–H and O–H groups in total. The largest absolute Gasteiger partial charge is 0.408 e. The van der Waals surface area contributed by atoms with Crippen molar-refractivity contribution in [1.29, 1.82) is 0 Å². The third kappa shape index (κ3) is 6.74. The molecule has 11 heteroatoms. The Balaban J connectivity index is 0.000000406. The minimum atomic E-state index is -4.47. The predicted molar refractivity (Wildman–Crippen MR) is 148 cm³/mol. The minimum Gasteiger partial charge on any atom is -0.340 e. The monoisotopic (exact) mass is 558 g/mol. The fraction of sp³-hybridized carbons (Fsp3) is 0.517. The Morgan fingerprint density at radius 3 is 2.75 bits per heavy atom. The van der Waals surface area contributed by atoms with Crippen molar-refractivity contribution >= 4 is 34.4 Å². The average Bonchev–Trinajstić information content (AvgIpc) is 3.67. The van der Waals surface area contributed by atoms with Crippen LogP contribution in [-0.4, -0.2) is 62.1 Å². The smallest absolute Gasteiger partial charge is 0.340 e. The summed E-state index contributed by atoms with van der Waals surface area (Å²) < 4.78 is 39.7. The first kappa shape index (κ1) is 29.4. The van der Waals surface area contributed by atoms with E-state index in [2.05, 4.69) is 41.3 Å². The van der Waals surface area contributed by atoms with Crippen molar-refractivity contribution < 1.29 is 22.8 Å². The van der Waals surface area contributed by atoms with Crippen LogP contribution in [0, 0.1) is 5.92 Å². The SMILES string of the molecule is CCCCC(C)CC.O=C1c2c(cccc2Nc2ccc3[nH]ncc3n2)CN1CC(=O)N1CCCC1C(F)(F)F. The highest BCUT2D eigenvalue weighted by Gasteiger charge is 2.48. The maximum atomic E-state index is 13.2. The molecule has 0 saturated carbocycles. The summed E-state index contributed by atoms with van der Waals surface area (Å²) in [5.41, 5.74) is 3.04. The van der Waals surface area contributed by atoms with Crippen LogP contribution in [-0.2, 0) is 11.3 Å². The summed E-state index contributed by atoms with van der Waals surface area (Å²) in [4.78, 5) is 32.3. The zero-order valence-corrected chi connectivity index (χ0v) is 23.2. The molecule has 0 aliphatic carbocycles. The van der Waals surface area contributed by atoms with E-state index in [0.717, 1.165) is 16.3 Å². The summed E-state index contributed by atoms with van der Waals surface area (Å²) in [5.74, 6) is 0.380. The van der Waals surface area contributed by atoms with E-state index in [0.29, 0.717) is 34.6 Å². The van der Waals surface area contributed by atoms with Gasteiger partial charge in [-0.25, -0.2) is 4.98 Å². The molecular weight excluding hydrogens is 521 g/mol. The van der Waals surface area contributed by atoms with Crippen molar-refractivity contribution in [3.05, 3.63) is 47.7 Å². The second kappa shape index (κ2) is 12.7. The Morgan fingerprint density at radius 1 is 1.23 bits per heavy atom. The number of hydrogen-bond acceptors (Lipinski definition) is 5. The molecule has 0 radical (unpaired) electrons. The molecule has 2 aliphatic rings. The Hall–Kier alpha value is -3.63. The highest BCUT2D eigenvalue weighted by atomic mass is 19.4. The summed E-state index contributed by atoms with van der Waals surface area (Å²) >= 11 is 0. The second-order valence-corrected chi connectivity index (χ2v) is 10.6. The van der Waals surface area contributed by atoms with Crippen molar-refractivity contribution in [3.63, 3.8) is 0 Å². The van der Waals surface area contributed by atoms with E-state index >= 15 is 0 Å². The summed E-state index contributed by atoms with van der Waals surface area (Å²) in [6, 6.07) is 7.03. The van der Waals surface area contributed by atoms with E-state index < -0.39 is 30.6 Å². The number of aromatic amines is 1. The first-order chi connectivity index (χ1) is 19.1. The molecule has 40 heavy (non-hydrogen) atoms. The molecular formula is C29H37F3N6O2. The summed E-state index contributed by atoms with van der Waals surface area (Å²) in [6.45, 7) is 6.66. The molecule has 0 bridgehead atoms. The molecule has 4 heterocycles. The number of amides is 2. The number of carbonyl (C=O) groups excluding carboxylic acids is 2. The third-order valence-electron chi connectivity index (χ3n) is 7.60. The van der Waals surface area contributed by atoms with Gasteiger partial charge in [0.05, 0.1) is 23.0 Å². The molecule has 2 unspecified atom stereocenters. The lowest BCUT2D eigenvalue weighted by Gasteiger charge is -2.28. The fourth-order valence-corrected chi connectivity index (χ4v) is 5.11. The standard InChI is InChI=1S/C21H19F3N6O2.C8H18/c22-21(23,24)16-5-2-8-30(16)18(31)11-29-10-12-3-1-4-14(19(12)20(29)32)26-17-7-6-13-15(27-17)9-25-28-13;1-4-6-7-8(3)5-2/h1,3-4,6-7,9,16H,2,5,8,10-11H2,(H,25,28)(H,26,27);8H,4-7H2,1-3H3. The van der Waals surface area contributed by atoms with Crippen LogP contribution in [0.3, 0.4) is 0 Å². The van der Waals surface area contributed by atoms with Gasteiger partial charge in [-0.05, 0) is 42.5 Å². The van der Waals surface area contributed by atoms with Gasteiger partial charge in [0.1, 0.15) is 23.9 Å². The van der Waals surface area contributed by atoms with E-state index in [1.807, 2.05) is 0 Å². The van der Waals surface area contributed by atoms with Gasteiger partial charge in [-0.2, -0.15) is 18.3 Å². The van der Waals surface area contributed by atoms with E-state index in [1.54, 1.807) is 36.5 Å². The van der Waals surface area contributed by atoms with E-state index in [1.165, 1.54) is 30.6 Å². The number of unbranched alkanes of at least 4 members (excludes halogenated alkanes) is 1. The number of fused-ring (bicyclic) bond motifs is 2. The number of likely N-dealkylation sites (tertiary alicyclic amines) is 1. The van der Waals surface area contributed by atoms with Crippen molar-refractivity contribution in [2.24, 2.45) is 5.92 Å². The number of carbonyl (C=O) groups is 2. The van der Waals surface area contributed by atoms with Gasteiger partial charge < -0.3 is 15.1 Å². The lowest BCUT2D eigenvalue weighted by molar-refractivity contribution is -0.182. The molecule has 3 aromatic rings. The van der Waals surface area contributed by atoms with Crippen molar-refractivity contribution in [1.82, 2.24) is 25.0 Å². The van der Waals surface area contributed by atoms with Crippen LogP contribution < -0.4 is 5.32 Å². The van der Waals surface area contributed by atoms with Gasteiger partial charge in [0.2, 0.25) is 5.91 Å². The molecule has 216 valence electrons. The van der Waals surface area contributed by atoms with E-state index in [-0.39, 0.29) is 19.5 Å². The fourth-order valence-electron chi connectivity index (χ4n) is 5.11. The molecule has 1 aromatic carbocycles. The maximum Gasteiger partial charge on any atom is 0.408 e. The van der Waals surface area contributed by atoms with Crippen molar-refractivity contribution in [2.45, 2.75) is 78.1 Å². The summed E-state index contributed by atoms with van der Waals surface area (Å²) in [5, 5.41) is 9.87. The van der Waals surface area contributed by atoms with Crippen LogP contribution >= 0.6 is 0 Å². The van der Waals surface area contributed by atoms with Gasteiger partial charge in [-0.1, -0.05) is 58.6 Å². The first-order valence-electron chi connectivity index (χ1n) is 14.0. The van der Waals surface area contributed by atoms with E-state index in [9.17, 15) is 22.8 Å². The number of benzene rings is 1. The second-order valence-electron chi connectivity index (χ2n) is 10.6. The molecule has 2 amide bonds. The minimum absolute atomic E-state index is 0.0486. The average molecular weight is 559 g/mol. The Labute approximate surface area is 232 Å². The number of hydrogen-bond donors (Lipinski definition) is 2. The number of rotatable bonds is 8. The number of nitrogens with zero attached hydrogens (tertiary/aromatic N) is 4. The van der Waals surface area contributed by atoms with Gasteiger partial charge in [-0.15, -0.1) is 0 Å². The normalized spacial score (nSPS) is 17.6. The quantitative estimate of drug-likeness (QED) is 0.332. The summed E-state index contributed by atoms with van der Waals surface area (Å²) in [7, 11) is 0. The Morgan fingerprint density at radius 2 is 2.02 bits per heavy atom. The maximum absolute atomic E-state index is 13.2. The van der Waals surface area contributed by atoms with E-state index in [4.69, 9.17) is 0 Å². The van der Waals surface area contributed by atoms with Crippen LogP contribution in [0.2, 0.25) is 0 Å². The molecule has 2 atom stereocenters. The van der Waals surface area contributed by atoms with Crippen molar-refractivity contribution in [2.75, 3.05) is 18.4 Å². The highest BCUT2D eigenvalue weighted by Crippen LogP contribution is 2.34. The van der Waals surface area contributed by atoms with Crippen LogP contribution in [0.5, 0.6) is 0 Å². The number of H-pyrrole nitrogens is 1. The number of alkyl halides is 3. The zero-order valence-electron chi connectivity index (χ0n) is 23.2. The molecule has 0 spiro atoms. The van der Waals surface area contributed by atoms with Crippen LogP contribution in [0.1, 0.15) is 75.2 Å². The molecule has 1 fully saturated rings. The lowest BCUT2D eigenvalue weighted by atomic mass is 10.0. The van der Waals surface area contributed by atoms with Crippen LogP contribution in [0.4, 0.5) is 24.7 Å². The highest BCUT2D eigenvalue weighted by molar-refractivity contribution is 6.05. The number of aromatic nitrogens is 3. The Bertz CT molecular complexity index is 1320. The third-order valence-corrected chi connectivity index (χ3v) is 7.60. The predicted octanol–water partition coefficient (Wildman–Crippen LogP) is 6.43. The molecule has 2 aromatic heterocycles. The number of nitrogens with one attached hydrogen (secondary N) is 2. The molecule has 8 nitrogen and oxygen atoms in total. The van der Waals surface area contributed by atoms with Gasteiger partial charge in [0.25, 0.3) is 5.91 Å². The molecule has 1 saturated heterocycles. The van der Waals surface area contributed by atoms with Crippen LogP contribution in [0.25, 0.3) is 11.0 Å². The number of pyridine rings is 1. The topological polar surface area (TPSA) is 94.2 Å². The Kier molecular flexibility index (Phi) is 9.32. The van der Waals surface area contributed by atoms with Gasteiger partial charge in [0.15, 0.2) is 0 Å². The zero-order chi connectivity index (χ0) is 28.9. The van der Waals surface area contributed by atoms with Gasteiger partial charge in [0, 0.05) is 13.1 Å². The lowest BCUT2D eigenvalue weighted by Crippen LogP contribution is -2.48. The summed E-state index contributed by atoms with van der Waals surface area (Å²) in [6.07, 6.45) is 2.84. The van der Waals surface area contributed by atoms with Crippen molar-refractivity contribution in [3.8, 4) is 0 Å². The molecule has 5 rings (SSSR count). The number of anilines is 2. The van der Waals surface area contributed by atoms with Gasteiger partial charge >= 0.3 is 6.18 Å². The first-order valence-corrected chi connectivity index (χ1v) is 14.0. The van der Waals surface area contributed by atoms with Crippen LogP contribution in [0.15, 0.2) is 36.5 Å². The number of halogens is 3. The van der Waals surface area contributed by atoms with Gasteiger partial charge in [-0.3, -0.25) is 14.7 Å². The molecule has 2 aliphatic heterocycles.